The first-order chi connectivity index (χ1) is 9.67. The Morgan fingerprint density at radius 2 is 1.90 bits per heavy atom. The van der Waals surface area contributed by atoms with Crippen molar-refractivity contribution in [3.8, 4) is 17.0 Å². The maximum absolute atomic E-state index is 11.3. The summed E-state index contributed by atoms with van der Waals surface area (Å²) < 4.78 is 5.21. The lowest BCUT2D eigenvalue weighted by molar-refractivity contribution is 0.100. The Morgan fingerprint density at radius 3 is 2.60 bits per heavy atom. The van der Waals surface area contributed by atoms with E-state index in [2.05, 4.69) is 16.0 Å². The molecule has 1 aromatic heterocycles. The van der Waals surface area contributed by atoms with E-state index in [9.17, 15) is 4.79 Å². The highest BCUT2D eigenvalue weighted by Crippen LogP contribution is 2.26. The van der Waals surface area contributed by atoms with Gasteiger partial charge in [-0.1, -0.05) is 18.2 Å². The third-order valence-corrected chi connectivity index (χ3v) is 3.27. The summed E-state index contributed by atoms with van der Waals surface area (Å²) in [5.74, 6) is 1.15. The number of hydrogen-bond acceptors (Lipinski definition) is 3. The van der Waals surface area contributed by atoms with Crippen molar-refractivity contribution in [3.63, 3.8) is 0 Å². The summed E-state index contributed by atoms with van der Waals surface area (Å²) in [5, 5.41) is 2.22. The van der Waals surface area contributed by atoms with Gasteiger partial charge in [0.25, 0.3) is 0 Å². The summed E-state index contributed by atoms with van der Waals surface area (Å²) in [6.07, 6.45) is 1.68. The fraction of sp³-hybridized carbons (Fsp3) is 0.125. The molecule has 20 heavy (non-hydrogen) atoms. The Bertz CT molecular complexity index is 790. The molecule has 0 amide bonds. The van der Waals surface area contributed by atoms with Gasteiger partial charge in [0, 0.05) is 12.5 Å². The highest BCUT2D eigenvalue weighted by Gasteiger charge is 2.07. The molecular weight excluding hydrogens is 252 g/mol. The zero-order valence-corrected chi connectivity index (χ0v) is 11.3. The molecule has 1 heterocycles. The normalized spacial score (nSPS) is 10.7. The number of aromatic nitrogens is 2. The lowest BCUT2D eigenvalue weighted by Crippen LogP contribution is -1.93. The van der Waals surface area contributed by atoms with Gasteiger partial charge in [-0.15, -0.1) is 0 Å². The van der Waals surface area contributed by atoms with Gasteiger partial charge >= 0.3 is 0 Å². The number of rotatable bonds is 3. The summed E-state index contributed by atoms with van der Waals surface area (Å²) in [7, 11) is 1.66. The minimum atomic E-state index is -0.0678. The fourth-order valence-electron chi connectivity index (χ4n) is 2.17. The highest BCUT2D eigenvalue weighted by molar-refractivity contribution is 5.92. The number of ether oxygens (including phenoxy) is 1. The SMILES string of the molecule is COc1ccc2cc(-c3cnc(C(C)=O)[nH]3)ccc2c1. The van der Waals surface area contributed by atoms with E-state index in [1.807, 2.05) is 30.3 Å². The van der Waals surface area contributed by atoms with Crippen LogP contribution in [0.5, 0.6) is 5.75 Å². The molecule has 0 aliphatic rings. The number of hydrogen-bond donors (Lipinski definition) is 1. The van der Waals surface area contributed by atoms with Gasteiger partial charge in [0.1, 0.15) is 5.75 Å². The van der Waals surface area contributed by atoms with Crippen molar-refractivity contribution in [1.29, 1.82) is 0 Å². The van der Waals surface area contributed by atoms with Crippen LogP contribution in [0.15, 0.2) is 42.6 Å². The van der Waals surface area contributed by atoms with Crippen LogP contribution in [0.3, 0.4) is 0 Å². The highest BCUT2D eigenvalue weighted by atomic mass is 16.5. The number of methoxy groups -OCH3 is 1. The van der Waals surface area contributed by atoms with Gasteiger partial charge < -0.3 is 9.72 Å². The number of ketones is 1. The predicted molar refractivity (Wildman–Crippen MR) is 78.1 cm³/mol. The molecule has 0 saturated carbocycles. The first-order valence-electron chi connectivity index (χ1n) is 6.31. The second kappa shape index (κ2) is 4.81. The number of nitrogens with zero attached hydrogens (tertiary/aromatic N) is 1. The van der Waals surface area contributed by atoms with Crippen LogP contribution < -0.4 is 4.74 Å². The number of aromatic amines is 1. The average molecular weight is 266 g/mol. The molecule has 4 nitrogen and oxygen atoms in total. The molecule has 0 bridgehead atoms. The molecule has 0 aliphatic carbocycles. The largest absolute Gasteiger partial charge is 0.497 e. The molecule has 0 aliphatic heterocycles. The third kappa shape index (κ3) is 2.16. The molecular formula is C16H14N2O2. The van der Waals surface area contributed by atoms with Crippen molar-refractivity contribution in [2.45, 2.75) is 6.92 Å². The van der Waals surface area contributed by atoms with Crippen LogP contribution in [0, 0.1) is 0 Å². The molecule has 0 saturated heterocycles. The Morgan fingerprint density at radius 1 is 1.15 bits per heavy atom. The summed E-state index contributed by atoms with van der Waals surface area (Å²) in [6.45, 7) is 1.50. The van der Waals surface area contributed by atoms with Crippen LogP contribution in [0.1, 0.15) is 17.5 Å². The lowest BCUT2D eigenvalue weighted by atomic mass is 10.1. The number of imidazole rings is 1. The van der Waals surface area contributed by atoms with Gasteiger partial charge in [0.05, 0.1) is 19.0 Å². The molecule has 0 spiro atoms. The van der Waals surface area contributed by atoms with Crippen molar-refractivity contribution in [2.75, 3.05) is 7.11 Å². The summed E-state index contributed by atoms with van der Waals surface area (Å²) in [6, 6.07) is 12.0. The quantitative estimate of drug-likeness (QED) is 0.739. The topological polar surface area (TPSA) is 55.0 Å². The van der Waals surface area contributed by atoms with Crippen molar-refractivity contribution in [2.24, 2.45) is 0 Å². The summed E-state index contributed by atoms with van der Waals surface area (Å²) >= 11 is 0. The van der Waals surface area contributed by atoms with E-state index in [1.54, 1.807) is 13.3 Å². The Labute approximate surface area is 116 Å². The first-order valence-corrected chi connectivity index (χ1v) is 6.31. The molecule has 0 radical (unpaired) electrons. The van der Waals surface area contributed by atoms with Gasteiger partial charge in [-0.3, -0.25) is 4.79 Å². The second-order valence-corrected chi connectivity index (χ2v) is 4.63. The van der Waals surface area contributed by atoms with Crippen molar-refractivity contribution in [3.05, 3.63) is 48.4 Å². The predicted octanol–water partition coefficient (Wildman–Crippen LogP) is 3.44. The molecule has 3 aromatic rings. The molecule has 2 aromatic carbocycles. The lowest BCUT2D eigenvalue weighted by Gasteiger charge is -2.04. The van der Waals surface area contributed by atoms with E-state index in [0.717, 1.165) is 27.8 Å². The Kier molecular flexibility index (Phi) is 2.99. The molecule has 1 N–H and O–H groups in total. The van der Waals surface area contributed by atoms with Gasteiger partial charge in [-0.05, 0) is 29.0 Å². The number of nitrogens with one attached hydrogen (secondary N) is 1. The van der Waals surface area contributed by atoms with Gasteiger partial charge in [0.15, 0.2) is 11.6 Å². The van der Waals surface area contributed by atoms with Crippen molar-refractivity contribution in [1.82, 2.24) is 9.97 Å². The van der Waals surface area contributed by atoms with E-state index in [0.29, 0.717) is 5.82 Å². The van der Waals surface area contributed by atoms with E-state index in [-0.39, 0.29) is 5.78 Å². The first kappa shape index (κ1) is 12.4. The van der Waals surface area contributed by atoms with Crippen LogP contribution in [0.4, 0.5) is 0 Å². The zero-order valence-electron chi connectivity index (χ0n) is 11.3. The number of fused-ring (bicyclic) bond motifs is 1. The zero-order chi connectivity index (χ0) is 14.1. The van der Waals surface area contributed by atoms with Crippen LogP contribution in [-0.2, 0) is 0 Å². The summed E-state index contributed by atoms with van der Waals surface area (Å²) in [4.78, 5) is 18.4. The maximum atomic E-state index is 11.3. The van der Waals surface area contributed by atoms with Crippen LogP contribution >= 0.6 is 0 Å². The smallest absolute Gasteiger partial charge is 0.194 e. The van der Waals surface area contributed by atoms with Crippen LogP contribution in [0.2, 0.25) is 0 Å². The average Bonchev–Trinajstić information content (AvgIpc) is 2.96. The maximum Gasteiger partial charge on any atom is 0.194 e. The standard InChI is InChI=1S/C16H14N2O2/c1-10(19)16-17-9-15(18-16)13-4-3-12-8-14(20-2)6-5-11(12)7-13/h3-9H,1-2H3,(H,17,18). The van der Waals surface area contributed by atoms with Gasteiger partial charge in [-0.25, -0.2) is 4.98 Å². The molecule has 0 unspecified atom stereocenters. The number of carbonyl (C=O) groups is 1. The third-order valence-electron chi connectivity index (χ3n) is 3.27. The monoisotopic (exact) mass is 266 g/mol. The number of carbonyl (C=O) groups excluding carboxylic acids is 1. The van der Waals surface area contributed by atoms with Crippen molar-refractivity contribution < 1.29 is 9.53 Å². The van der Waals surface area contributed by atoms with Crippen molar-refractivity contribution >= 4 is 16.6 Å². The van der Waals surface area contributed by atoms with E-state index in [4.69, 9.17) is 4.74 Å². The minimum absolute atomic E-state index is 0.0678. The number of benzene rings is 2. The molecule has 0 fully saturated rings. The molecule has 4 heteroatoms. The molecule has 0 atom stereocenters. The Hall–Kier alpha value is -2.62. The summed E-state index contributed by atoms with van der Waals surface area (Å²) in [5.41, 5.74) is 1.84. The van der Waals surface area contributed by atoms with E-state index >= 15 is 0 Å². The minimum Gasteiger partial charge on any atom is -0.497 e. The Balaban J connectivity index is 2.05. The van der Waals surface area contributed by atoms with Gasteiger partial charge in [-0.2, -0.15) is 0 Å². The number of Topliss-reactive ketones (excluding diaryl/α,β-unsaturated/α-hetero) is 1. The van der Waals surface area contributed by atoms with Gasteiger partial charge in [0.2, 0.25) is 0 Å². The molecule has 100 valence electrons. The fourth-order valence-corrected chi connectivity index (χ4v) is 2.17. The van der Waals surface area contributed by atoms with E-state index in [1.165, 1.54) is 6.92 Å². The molecule has 3 rings (SSSR count). The van der Waals surface area contributed by atoms with Crippen LogP contribution in [-0.4, -0.2) is 22.9 Å². The number of H-pyrrole nitrogens is 1. The van der Waals surface area contributed by atoms with Crippen LogP contribution in [0.25, 0.3) is 22.0 Å². The van der Waals surface area contributed by atoms with E-state index < -0.39 is 0 Å². The second-order valence-electron chi connectivity index (χ2n) is 4.63.